The highest BCUT2D eigenvalue weighted by atomic mass is 79.9. The lowest BCUT2D eigenvalue weighted by Crippen LogP contribution is -2.21. The number of halogens is 1. The van der Waals surface area contributed by atoms with Crippen molar-refractivity contribution < 1.29 is 8.42 Å². The van der Waals surface area contributed by atoms with Gasteiger partial charge in [0.25, 0.3) is 10.0 Å². The van der Waals surface area contributed by atoms with Crippen molar-refractivity contribution in [2.45, 2.75) is 5.03 Å². The van der Waals surface area contributed by atoms with Crippen LogP contribution >= 0.6 is 28.1 Å². The Labute approximate surface area is 128 Å². The Morgan fingerprint density at radius 3 is 2.60 bits per heavy atom. The molecule has 0 saturated carbocycles. The van der Waals surface area contributed by atoms with Gasteiger partial charge in [-0.15, -0.1) is 5.10 Å². The highest BCUT2D eigenvalue weighted by molar-refractivity contribution is 9.10. The molecule has 0 radical (unpaired) electrons. The summed E-state index contributed by atoms with van der Waals surface area (Å²) in [5.41, 5.74) is 5.86. The van der Waals surface area contributed by atoms with Gasteiger partial charge in [0.2, 0.25) is 5.03 Å². The summed E-state index contributed by atoms with van der Waals surface area (Å²) < 4.78 is 29.7. The zero-order valence-corrected chi connectivity index (χ0v) is 13.6. The van der Waals surface area contributed by atoms with Crippen molar-refractivity contribution in [1.29, 1.82) is 0 Å². The quantitative estimate of drug-likeness (QED) is 0.702. The number of sulfonamides is 1. The molecule has 12 heteroatoms. The number of hydrogen-bond donors (Lipinski definition) is 2. The Hall–Kier alpha value is -1.53. The molecule has 0 amide bonds. The number of thiocarbonyl (C=S) groups is 1. The fourth-order valence-corrected chi connectivity index (χ4v) is 3.88. The van der Waals surface area contributed by atoms with E-state index >= 15 is 0 Å². The molecule has 0 aliphatic rings. The van der Waals surface area contributed by atoms with Crippen molar-refractivity contribution in [3.05, 3.63) is 16.4 Å². The number of aromatic nitrogens is 5. The Balaban J connectivity index is 2.50. The fourth-order valence-electron chi connectivity index (χ4n) is 1.52. The summed E-state index contributed by atoms with van der Waals surface area (Å²) >= 11 is 7.89. The number of anilines is 1. The first-order valence-electron chi connectivity index (χ1n) is 5.14. The van der Waals surface area contributed by atoms with Crippen LogP contribution in [0.2, 0.25) is 0 Å². The molecule has 0 saturated heterocycles. The van der Waals surface area contributed by atoms with Crippen molar-refractivity contribution in [2.75, 3.05) is 4.72 Å². The molecule has 0 spiro atoms. The maximum absolute atomic E-state index is 12.4. The van der Waals surface area contributed by atoms with Crippen LogP contribution < -0.4 is 10.5 Å². The molecule has 108 valence electrons. The zero-order valence-electron chi connectivity index (χ0n) is 10.4. The van der Waals surface area contributed by atoms with Gasteiger partial charge in [-0.2, -0.15) is 13.5 Å². The third-order valence-electron chi connectivity index (χ3n) is 2.43. The maximum atomic E-state index is 12.4. The molecule has 20 heavy (non-hydrogen) atoms. The van der Waals surface area contributed by atoms with Gasteiger partial charge in [0.1, 0.15) is 10.8 Å². The van der Waals surface area contributed by atoms with E-state index in [4.69, 9.17) is 18.0 Å². The minimum atomic E-state index is -3.91. The van der Waals surface area contributed by atoms with Gasteiger partial charge in [0.05, 0.1) is 11.8 Å². The molecular formula is C8H10BrN7O2S2. The van der Waals surface area contributed by atoms with E-state index in [9.17, 15) is 8.42 Å². The molecule has 2 aromatic rings. The monoisotopic (exact) mass is 379 g/mol. The number of aryl methyl sites for hydroxylation is 2. The van der Waals surface area contributed by atoms with Gasteiger partial charge in [0.15, 0.2) is 4.60 Å². The van der Waals surface area contributed by atoms with Crippen LogP contribution in [0.3, 0.4) is 0 Å². The zero-order chi connectivity index (χ0) is 15.1. The predicted octanol–water partition coefficient (Wildman–Crippen LogP) is -0.254. The SMILES string of the molecule is Cn1ncc(C(N)=S)c1NS(=O)(=O)c1c(Br)nnn1C. The number of nitrogens with zero attached hydrogens (tertiary/aromatic N) is 5. The van der Waals surface area contributed by atoms with Gasteiger partial charge < -0.3 is 5.73 Å². The van der Waals surface area contributed by atoms with Crippen LogP contribution in [-0.4, -0.2) is 38.2 Å². The summed E-state index contributed by atoms with van der Waals surface area (Å²) in [5, 5.41) is 11.1. The second kappa shape index (κ2) is 5.10. The van der Waals surface area contributed by atoms with Crippen LogP contribution in [0.5, 0.6) is 0 Å². The second-order valence-corrected chi connectivity index (χ2v) is 6.60. The first-order valence-corrected chi connectivity index (χ1v) is 7.82. The van der Waals surface area contributed by atoms with E-state index in [1.165, 1.54) is 17.9 Å². The Morgan fingerprint density at radius 2 is 2.10 bits per heavy atom. The van der Waals surface area contributed by atoms with E-state index in [1.807, 2.05) is 0 Å². The molecule has 0 fully saturated rings. The molecule has 3 N–H and O–H groups in total. The lowest BCUT2D eigenvalue weighted by molar-refractivity contribution is 0.578. The molecule has 0 aromatic carbocycles. The first kappa shape index (κ1) is 14.9. The van der Waals surface area contributed by atoms with Crippen LogP contribution in [0.15, 0.2) is 15.8 Å². The minimum absolute atomic E-state index is 0.0398. The topological polar surface area (TPSA) is 121 Å². The fraction of sp³-hybridized carbons (Fsp3) is 0.250. The van der Waals surface area contributed by atoms with Gasteiger partial charge in [-0.3, -0.25) is 9.40 Å². The van der Waals surface area contributed by atoms with Crippen molar-refractivity contribution in [1.82, 2.24) is 24.8 Å². The molecule has 2 aromatic heterocycles. The average Bonchev–Trinajstić information content (AvgIpc) is 2.84. The second-order valence-electron chi connectivity index (χ2n) is 3.81. The Kier molecular flexibility index (Phi) is 3.80. The predicted molar refractivity (Wildman–Crippen MR) is 78.6 cm³/mol. The van der Waals surface area contributed by atoms with E-state index in [-0.39, 0.29) is 20.4 Å². The molecule has 0 atom stereocenters. The first-order chi connectivity index (χ1) is 9.24. The smallest absolute Gasteiger partial charge is 0.283 e. The van der Waals surface area contributed by atoms with E-state index in [0.717, 1.165) is 4.68 Å². The molecule has 2 rings (SSSR count). The molecule has 2 heterocycles. The molecule has 0 aliphatic carbocycles. The molecular weight excluding hydrogens is 370 g/mol. The summed E-state index contributed by atoms with van der Waals surface area (Å²) in [6.07, 6.45) is 1.39. The molecule has 0 bridgehead atoms. The van der Waals surface area contributed by atoms with Gasteiger partial charge in [-0.1, -0.05) is 17.4 Å². The van der Waals surface area contributed by atoms with Crippen LogP contribution in [0.1, 0.15) is 5.56 Å². The summed E-state index contributed by atoms with van der Waals surface area (Å²) in [7, 11) is -0.887. The maximum Gasteiger partial charge on any atom is 0.283 e. The highest BCUT2D eigenvalue weighted by Crippen LogP contribution is 2.23. The summed E-state index contributed by atoms with van der Waals surface area (Å²) in [5.74, 6) is 0.172. The van der Waals surface area contributed by atoms with Crippen molar-refractivity contribution in [2.24, 2.45) is 19.8 Å². The number of nitrogens with one attached hydrogen (secondary N) is 1. The summed E-state index contributed by atoms with van der Waals surface area (Å²) in [4.78, 5) is 0.0398. The highest BCUT2D eigenvalue weighted by Gasteiger charge is 2.26. The normalized spacial score (nSPS) is 11.6. The Bertz CT molecular complexity index is 759. The van der Waals surface area contributed by atoms with Gasteiger partial charge in [-0.05, 0) is 15.9 Å². The van der Waals surface area contributed by atoms with Crippen LogP contribution in [0.25, 0.3) is 0 Å². The van der Waals surface area contributed by atoms with E-state index in [2.05, 4.69) is 36.1 Å². The largest absolute Gasteiger partial charge is 0.389 e. The number of nitrogens with two attached hydrogens (primary N) is 1. The van der Waals surface area contributed by atoms with Crippen molar-refractivity contribution in [3.8, 4) is 0 Å². The summed E-state index contributed by atoms with van der Waals surface area (Å²) in [6, 6.07) is 0. The van der Waals surface area contributed by atoms with Crippen LogP contribution in [0.4, 0.5) is 5.82 Å². The number of hydrogen-bond acceptors (Lipinski definition) is 6. The standard InChI is InChI=1S/C8H10BrN7O2S2/c1-15-7(4(3-11-15)6(10)19)13-20(17,18)8-5(9)12-14-16(8)2/h3,13H,1-2H3,(H2,10,19). The van der Waals surface area contributed by atoms with E-state index in [1.54, 1.807) is 7.05 Å². The van der Waals surface area contributed by atoms with E-state index < -0.39 is 10.0 Å². The molecule has 9 nitrogen and oxygen atoms in total. The van der Waals surface area contributed by atoms with Gasteiger partial charge in [0, 0.05) is 14.1 Å². The third kappa shape index (κ3) is 2.53. The molecule has 0 aliphatic heterocycles. The van der Waals surface area contributed by atoms with E-state index in [0.29, 0.717) is 5.56 Å². The minimum Gasteiger partial charge on any atom is -0.389 e. The summed E-state index contributed by atoms with van der Waals surface area (Å²) in [6.45, 7) is 0. The van der Waals surface area contributed by atoms with Crippen LogP contribution in [-0.2, 0) is 24.1 Å². The molecule has 0 unspecified atom stereocenters. The van der Waals surface area contributed by atoms with Gasteiger partial charge >= 0.3 is 0 Å². The lowest BCUT2D eigenvalue weighted by atomic mass is 10.3. The lowest BCUT2D eigenvalue weighted by Gasteiger charge is -2.09. The van der Waals surface area contributed by atoms with Gasteiger partial charge in [-0.25, -0.2) is 4.68 Å². The third-order valence-corrected chi connectivity index (χ3v) is 4.87. The Morgan fingerprint density at radius 1 is 1.45 bits per heavy atom. The van der Waals surface area contributed by atoms with Crippen molar-refractivity contribution in [3.63, 3.8) is 0 Å². The number of rotatable bonds is 4. The average molecular weight is 380 g/mol. The van der Waals surface area contributed by atoms with Crippen molar-refractivity contribution >= 4 is 49.0 Å². The van der Waals surface area contributed by atoms with Crippen LogP contribution in [0, 0.1) is 0 Å².